The Morgan fingerprint density at radius 1 is 1.24 bits per heavy atom. The summed E-state index contributed by atoms with van der Waals surface area (Å²) in [6, 6.07) is 3.17. The Balaban J connectivity index is 3.23. The maximum absolute atomic E-state index is 11.9. The van der Waals surface area contributed by atoms with E-state index in [4.69, 9.17) is 25.9 Å². The van der Waals surface area contributed by atoms with E-state index in [2.05, 4.69) is 0 Å². The van der Waals surface area contributed by atoms with E-state index < -0.39 is 0 Å². The zero-order valence-corrected chi connectivity index (χ0v) is 10.9. The number of benzene rings is 1. The van der Waals surface area contributed by atoms with E-state index in [1.807, 2.05) is 0 Å². The zero-order chi connectivity index (χ0) is 13.0. The molecule has 0 aliphatic heterocycles. The number of hydrogen-bond acceptors (Lipinski definition) is 4. The van der Waals surface area contributed by atoms with E-state index in [0.717, 1.165) is 5.06 Å². The highest BCUT2D eigenvalue weighted by atomic mass is 35.5. The number of halogens is 1. The maximum atomic E-state index is 11.9. The maximum Gasteiger partial charge on any atom is 0.278 e. The summed E-state index contributed by atoms with van der Waals surface area (Å²) in [5, 5.41) is 1.27. The second-order valence-electron chi connectivity index (χ2n) is 3.15. The van der Waals surface area contributed by atoms with Gasteiger partial charge < -0.3 is 9.47 Å². The van der Waals surface area contributed by atoms with Gasteiger partial charge in [0.05, 0.1) is 31.9 Å². The van der Waals surface area contributed by atoms with Crippen LogP contribution in [0.3, 0.4) is 0 Å². The number of methoxy groups -OCH3 is 2. The van der Waals surface area contributed by atoms with Crippen LogP contribution in [0.2, 0.25) is 5.02 Å². The largest absolute Gasteiger partial charge is 0.493 e. The Bertz CT molecular complexity index is 422. The molecule has 17 heavy (non-hydrogen) atoms. The fourth-order valence-electron chi connectivity index (χ4n) is 1.31. The molecule has 5 nitrogen and oxygen atoms in total. The first-order chi connectivity index (χ1) is 8.06. The van der Waals surface area contributed by atoms with Gasteiger partial charge >= 0.3 is 0 Å². The molecule has 0 aliphatic rings. The molecule has 0 aliphatic carbocycles. The summed E-state index contributed by atoms with van der Waals surface area (Å²) in [5.74, 6) is 0.428. The van der Waals surface area contributed by atoms with Crippen molar-refractivity contribution in [3.8, 4) is 11.5 Å². The quantitative estimate of drug-likeness (QED) is 0.776. The highest BCUT2D eigenvalue weighted by Gasteiger charge is 2.20. The summed E-state index contributed by atoms with van der Waals surface area (Å²) in [5.41, 5.74) is 0.286. The van der Waals surface area contributed by atoms with Crippen molar-refractivity contribution in [2.45, 2.75) is 0 Å². The molecular formula is C11H14ClNO4. The highest BCUT2D eigenvalue weighted by Crippen LogP contribution is 2.37. The second kappa shape index (κ2) is 5.75. The van der Waals surface area contributed by atoms with Gasteiger partial charge in [0.1, 0.15) is 0 Å². The van der Waals surface area contributed by atoms with Gasteiger partial charge in [0.15, 0.2) is 11.5 Å². The molecule has 0 saturated heterocycles. The van der Waals surface area contributed by atoms with Gasteiger partial charge in [-0.05, 0) is 12.1 Å². The van der Waals surface area contributed by atoms with E-state index in [1.165, 1.54) is 28.4 Å². The van der Waals surface area contributed by atoms with Crippen LogP contribution in [0.25, 0.3) is 0 Å². The van der Waals surface area contributed by atoms with Crippen molar-refractivity contribution in [3.05, 3.63) is 22.7 Å². The molecule has 0 N–H and O–H groups in total. The van der Waals surface area contributed by atoms with Crippen LogP contribution < -0.4 is 9.47 Å². The average Bonchev–Trinajstić information content (AvgIpc) is 2.36. The Morgan fingerprint density at radius 3 is 2.35 bits per heavy atom. The van der Waals surface area contributed by atoms with E-state index in [0.29, 0.717) is 11.5 Å². The molecule has 6 heteroatoms. The molecule has 1 aromatic rings. The molecule has 0 fully saturated rings. The summed E-state index contributed by atoms with van der Waals surface area (Å²) in [6.45, 7) is 0. The van der Waals surface area contributed by atoms with Crippen LogP contribution in [0.4, 0.5) is 0 Å². The Hall–Kier alpha value is -1.46. The Labute approximate surface area is 105 Å². The van der Waals surface area contributed by atoms with Crippen molar-refractivity contribution in [2.75, 3.05) is 28.4 Å². The van der Waals surface area contributed by atoms with Crippen molar-refractivity contribution in [1.82, 2.24) is 5.06 Å². The fraction of sp³-hybridized carbons (Fsp3) is 0.364. The lowest BCUT2D eigenvalue weighted by molar-refractivity contribution is -0.0757. The molecule has 0 bridgehead atoms. The van der Waals surface area contributed by atoms with Gasteiger partial charge in [-0.3, -0.25) is 9.63 Å². The number of hydrogen-bond donors (Lipinski definition) is 0. The third-order valence-corrected chi connectivity index (χ3v) is 2.65. The third-order valence-electron chi connectivity index (χ3n) is 2.28. The number of nitrogens with zero attached hydrogens (tertiary/aromatic N) is 1. The SMILES string of the molecule is COc1ccc(C(=O)N(C)OC)c(Cl)c1OC. The number of hydroxylamine groups is 2. The summed E-state index contributed by atoms with van der Waals surface area (Å²) < 4.78 is 10.2. The van der Waals surface area contributed by atoms with Gasteiger partial charge in [0, 0.05) is 7.05 Å². The minimum atomic E-state index is -0.363. The normalized spacial score (nSPS) is 9.94. The van der Waals surface area contributed by atoms with E-state index in [9.17, 15) is 4.79 Å². The van der Waals surface area contributed by atoms with Crippen molar-refractivity contribution in [1.29, 1.82) is 0 Å². The summed E-state index contributed by atoms with van der Waals surface area (Å²) in [4.78, 5) is 16.7. The van der Waals surface area contributed by atoms with Crippen LogP contribution in [0, 0.1) is 0 Å². The first-order valence-electron chi connectivity index (χ1n) is 4.79. The van der Waals surface area contributed by atoms with Crippen LogP contribution in [-0.2, 0) is 4.84 Å². The lowest BCUT2D eigenvalue weighted by atomic mass is 10.2. The fourth-order valence-corrected chi connectivity index (χ4v) is 1.62. The van der Waals surface area contributed by atoms with Gasteiger partial charge in [0.25, 0.3) is 5.91 Å². The minimum Gasteiger partial charge on any atom is -0.493 e. The molecule has 1 aromatic carbocycles. The molecule has 0 heterocycles. The van der Waals surface area contributed by atoms with Crippen LogP contribution in [0.15, 0.2) is 12.1 Å². The van der Waals surface area contributed by atoms with E-state index >= 15 is 0 Å². The molecule has 0 saturated carbocycles. The van der Waals surface area contributed by atoms with Crippen molar-refractivity contribution < 1.29 is 19.1 Å². The molecule has 1 amide bonds. The van der Waals surface area contributed by atoms with Crippen LogP contribution in [-0.4, -0.2) is 39.3 Å². The topological polar surface area (TPSA) is 48.0 Å². The first kappa shape index (κ1) is 13.6. The predicted molar refractivity (Wildman–Crippen MR) is 63.7 cm³/mol. The lowest BCUT2D eigenvalue weighted by Gasteiger charge is -2.16. The number of carbonyl (C=O) groups is 1. The van der Waals surface area contributed by atoms with Gasteiger partial charge in [-0.25, -0.2) is 5.06 Å². The average molecular weight is 260 g/mol. The molecule has 94 valence electrons. The van der Waals surface area contributed by atoms with Crippen LogP contribution in [0.5, 0.6) is 11.5 Å². The molecule has 0 aromatic heterocycles. The first-order valence-corrected chi connectivity index (χ1v) is 5.17. The Kier molecular flexibility index (Phi) is 4.60. The van der Waals surface area contributed by atoms with Crippen molar-refractivity contribution in [2.24, 2.45) is 0 Å². The summed E-state index contributed by atoms with van der Waals surface area (Å²) in [7, 11) is 5.84. The van der Waals surface area contributed by atoms with Crippen molar-refractivity contribution in [3.63, 3.8) is 0 Å². The Morgan fingerprint density at radius 2 is 1.88 bits per heavy atom. The summed E-state index contributed by atoms with van der Waals surface area (Å²) >= 11 is 6.08. The molecule has 0 spiro atoms. The van der Waals surface area contributed by atoms with Gasteiger partial charge in [0.2, 0.25) is 0 Å². The number of amides is 1. The van der Waals surface area contributed by atoms with Gasteiger partial charge in [-0.1, -0.05) is 11.6 Å². The number of rotatable bonds is 4. The van der Waals surface area contributed by atoms with Crippen LogP contribution >= 0.6 is 11.6 Å². The van der Waals surface area contributed by atoms with E-state index in [-0.39, 0.29) is 16.5 Å². The summed E-state index contributed by atoms with van der Waals surface area (Å²) in [6.07, 6.45) is 0. The molecule has 0 unspecified atom stereocenters. The number of ether oxygens (including phenoxy) is 2. The minimum absolute atomic E-state index is 0.195. The van der Waals surface area contributed by atoms with Gasteiger partial charge in [-0.2, -0.15) is 0 Å². The van der Waals surface area contributed by atoms with E-state index in [1.54, 1.807) is 12.1 Å². The van der Waals surface area contributed by atoms with Crippen molar-refractivity contribution >= 4 is 17.5 Å². The highest BCUT2D eigenvalue weighted by molar-refractivity contribution is 6.35. The monoisotopic (exact) mass is 259 g/mol. The number of carbonyl (C=O) groups excluding carboxylic acids is 1. The molecule has 1 rings (SSSR count). The lowest BCUT2D eigenvalue weighted by Crippen LogP contribution is -2.25. The third kappa shape index (κ3) is 2.62. The smallest absolute Gasteiger partial charge is 0.278 e. The van der Waals surface area contributed by atoms with Gasteiger partial charge in [-0.15, -0.1) is 0 Å². The predicted octanol–water partition coefficient (Wildman–Crippen LogP) is 1.99. The molecule has 0 radical (unpaired) electrons. The second-order valence-corrected chi connectivity index (χ2v) is 3.53. The standard InChI is InChI=1S/C11H14ClNO4/c1-13(17-4)11(14)7-5-6-8(15-2)10(16-3)9(7)12/h5-6H,1-4H3. The van der Waals surface area contributed by atoms with Crippen LogP contribution in [0.1, 0.15) is 10.4 Å². The molecular weight excluding hydrogens is 246 g/mol. The zero-order valence-electron chi connectivity index (χ0n) is 10.1. The molecule has 0 atom stereocenters.